The van der Waals surface area contributed by atoms with Crippen molar-refractivity contribution in [1.82, 2.24) is 0 Å². The molecular weight excluding hydrogens is 281 g/mol. The molecule has 0 aliphatic carbocycles. The highest BCUT2D eigenvalue weighted by Crippen LogP contribution is 2.34. The number of alkyl halides is 3. The van der Waals surface area contributed by atoms with Crippen molar-refractivity contribution in [2.75, 3.05) is 11.9 Å². The van der Waals surface area contributed by atoms with E-state index in [1.165, 1.54) is 18.2 Å². The van der Waals surface area contributed by atoms with Crippen LogP contribution in [-0.2, 0) is 9.84 Å². The summed E-state index contributed by atoms with van der Waals surface area (Å²) in [6.45, 7) is 2.06. The van der Waals surface area contributed by atoms with Crippen LogP contribution in [0.4, 0.5) is 18.9 Å². The molecule has 1 unspecified atom stereocenters. The number of benzene rings is 1. The molecule has 0 aromatic heterocycles. The first kappa shape index (κ1) is 15.8. The van der Waals surface area contributed by atoms with E-state index in [-0.39, 0.29) is 11.7 Å². The average Bonchev–Trinajstić information content (AvgIpc) is 2.28. The van der Waals surface area contributed by atoms with Gasteiger partial charge in [-0.1, -0.05) is 12.1 Å². The molecule has 0 bridgehead atoms. The lowest BCUT2D eigenvalue weighted by Crippen LogP contribution is -2.26. The van der Waals surface area contributed by atoms with Crippen molar-refractivity contribution in [2.45, 2.75) is 29.8 Å². The standard InChI is InChI=1S/C11H15F3N2O2S/c1-8(6-7-15)16-9-4-2-3-5-10(9)19(17,18)11(12,13)14/h2-5,8,16H,6-7,15H2,1H3. The van der Waals surface area contributed by atoms with Crippen LogP contribution in [0.15, 0.2) is 29.2 Å². The Hall–Kier alpha value is -1.28. The topological polar surface area (TPSA) is 72.2 Å². The van der Waals surface area contributed by atoms with Gasteiger partial charge >= 0.3 is 5.51 Å². The van der Waals surface area contributed by atoms with Crippen molar-refractivity contribution in [1.29, 1.82) is 0 Å². The van der Waals surface area contributed by atoms with Gasteiger partial charge in [0.1, 0.15) is 0 Å². The van der Waals surface area contributed by atoms with Crippen molar-refractivity contribution < 1.29 is 21.6 Å². The Balaban J connectivity index is 3.17. The Morgan fingerprint density at radius 1 is 1.32 bits per heavy atom. The van der Waals surface area contributed by atoms with Crippen molar-refractivity contribution in [2.24, 2.45) is 5.73 Å². The predicted octanol–water partition coefficient (Wildman–Crippen LogP) is 2.13. The molecule has 8 heteroatoms. The highest BCUT2D eigenvalue weighted by atomic mass is 32.2. The number of hydrogen-bond acceptors (Lipinski definition) is 4. The summed E-state index contributed by atoms with van der Waals surface area (Å²) in [5.41, 5.74) is -0.0484. The molecule has 1 atom stereocenters. The summed E-state index contributed by atoms with van der Waals surface area (Å²) in [7, 11) is -5.36. The minimum absolute atomic E-state index is 0.0687. The molecule has 0 aliphatic rings. The summed E-state index contributed by atoms with van der Waals surface area (Å²) < 4.78 is 60.5. The van der Waals surface area contributed by atoms with Crippen LogP contribution >= 0.6 is 0 Å². The van der Waals surface area contributed by atoms with Gasteiger partial charge in [-0.15, -0.1) is 0 Å². The Morgan fingerprint density at radius 3 is 2.42 bits per heavy atom. The molecule has 1 aromatic carbocycles. The fraction of sp³-hybridized carbons (Fsp3) is 0.455. The average molecular weight is 296 g/mol. The second-order valence-electron chi connectivity index (χ2n) is 4.07. The number of para-hydroxylation sites is 1. The zero-order valence-electron chi connectivity index (χ0n) is 10.2. The highest BCUT2D eigenvalue weighted by Gasteiger charge is 2.47. The second kappa shape index (κ2) is 5.79. The molecular formula is C11H15F3N2O2S. The molecule has 108 valence electrons. The van der Waals surface area contributed by atoms with Crippen LogP contribution in [0.25, 0.3) is 0 Å². The second-order valence-corrected chi connectivity index (χ2v) is 5.98. The summed E-state index contributed by atoms with van der Waals surface area (Å²) in [6.07, 6.45) is 0.514. The number of nitrogens with two attached hydrogens (primary N) is 1. The Morgan fingerprint density at radius 2 is 1.89 bits per heavy atom. The van der Waals surface area contributed by atoms with Gasteiger partial charge in [0.2, 0.25) is 0 Å². The number of anilines is 1. The fourth-order valence-electron chi connectivity index (χ4n) is 1.53. The number of rotatable bonds is 5. The molecule has 0 amide bonds. The third-order valence-electron chi connectivity index (χ3n) is 2.48. The molecule has 0 heterocycles. The largest absolute Gasteiger partial charge is 0.501 e. The first-order chi connectivity index (χ1) is 8.70. The van der Waals surface area contributed by atoms with Gasteiger partial charge < -0.3 is 11.1 Å². The molecule has 3 N–H and O–H groups in total. The van der Waals surface area contributed by atoms with Gasteiger partial charge in [-0.05, 0) is 32.0 Å². The van der Waals surface area contributed by atoms with Crippen LogP contribution in [0.5, 0.6) is 0 Å². The first-order valence-electron chi connectivity index (χ1n) is 5.57. The maximum Gasteiger partial charge on any atom is 0.501 e. The molecule has 0 spiro atoms. The Labute approximate surface area is 109 Å². The van der Waals surface area contributed by atoms with E-state index in [0.717, 1.165) is 6.07 Å². The van der Waals surface area contributed by atoms with E-state index < -0.39 is 20.2 Å². The third kappa shape index (κ3) is 3.60. The SMILES string of the molecule is CC(CCN)Nc1ccccc1S(=O)(=O)C(F)(F)F. The van der Waals surface area contributed by atoms with Gasteiger partial charge in [-0.3, -0.25) is 0 Å². The number of sulfone groups is 1. The smallest absolute Gasteiger partial charge is 0.381 e. The first-order valence-corrected chi connectivity index (χ1v) is 7.05. The van der Waals surface area contributed by atoms with Crippen molar-refractivity contribution in [3.05, 3.63) is 24.3 Å². The molecule has 0 saturated carbocycles. The van der Waals surface area contributed by atoms with E-state index >= 15 is 0 Å². The zero-order chi connectivity index (χ0) is 14.7. The molecule has 0 radical (unpaired) electrons. The minimum Gasteiger partial charge on any atom is -0.381 e. The van der Waals surface area contributed by atoms with E-state index in [0.29, 0.717) is 13.0 Å². The van der Waals surface area contributed by atoms with Crippen molar-refractivity contribution in [3.63, 3.8) is 0 Å². The van der Waals surface area contributed by atoms with Gasteiger partial charge in [0.25, 0.3) is 9.84 Å². The summed E-state index contributed by atoms with van der Waals surface area (Å²) in [6, 6.07) is 4.71. The predicted molar refractivity (Wildman–Crippen MR) is 66.4 cm³/mol. The highest BCUT2D eigenvalue weighted by molar-refractivity contribution is 7.92. The van der Waals surface area contributed by atoms with E-state index in [1.807, 2.05) is 0 Å². The van der Waals surface area contributed by atoms with E-state index in [9.17, 15) is 21.6 Å². The Kier molecular flexibility index (Phi) is 4.81. The quantitative estimate of drug-likeness (QED) is 0.873. The van der Waals surface area contributed by atoms with Gasteiger partial charge in [-0.25, -0.2) is 8.42 Å². The summed E-state index contributed by atoms with van der Waals surface area (Å²) in [4.78, 5) is -0.772. The Bertz CT molecular complexity index is 529. The lowest BCUT2D eigenvalue weighted by molar-refractivity contribution is -0.0435. The maximum absolute atomic E-state index is 12.5. The fourth-order valence-corrected chi connectivity index (χ4v) is 2.46. The van der Waals surface area contributed by atoms with Crippen LogP contribution in [-0.4, -0.2) is 26.5 Å². The van der Waals surface area contributed by atoms with Crippen LogP contribution in [0, 0.1) is 0 Å². The van der Waals surface area contributed by atoms with Gasteiger partial charge in [0.15, 0.2) is 0 Å². The minimum atomic E-state index is -5.36. The van der Waals surface area contributed by atoms with E-state index in [1.54, 1.807) is 6.92 Å². The number of nitrogens with one attached hydrogen (secondary N) is 1. The lowest BCUT2D eigenvalue weighted by Gasteiger charge is -2.18. The normalized spacial score (nSPS) is 14.2. The van der Waals surface area contributed by atoms with E-state index in [2.05, 4.69) is 5.32 Å². The zero-order valence-corrected chi connectivity index (χ0v) is 11.1. The summed E-state index contributed by atoms with van der Waals surface area (Å²) >= 11 is 0. The molecule has 19 heavy (non-hydrogen) atoms. The molecule has 1 rings (SSSR count). The molecule has 1 aromatic rings. The molecule has 0 saturated heterocycles. The van der Waals surface area contributed by atoms with Gasteiger partial charge in [0.05, 0.1) is 10.6 Å². The van der Waals surface area contributed by atoms with Gasteiger partial charge in [0, 0.05) is 6.04 Å². The lowest BCUT2D eigenvalue weighted by atomic mass is 10.2. The summed E-state index contributed by atoms with van der Waals surface area (Å²) in [5.74, 6) is 0. The van der Waals surface area contributed by atoms with Crippen molar-refractivity contribution in [3.8, 4) is 0 Å². The van der Waals surface area contributed by atoms with Crippen LogP contribution in [0.2, 0.25) is 0 Å². The van der Waals surface area contributed by atoms with E-state index in [4.69, 9.17) is 5.73 Å². The number of hydrogen-bond donors (Lipinski definition) is 2. The monoisotopic (exact) mass is 296 g/mol. The van der Waals surface area contributed by atoms with Crippen LogP contribution < -0.4 is 11.1 Å². The maximum atomic E-state index is 12.5. The molecule has 4 nitrogen and oxygen atoms in total. The molecule has 0 aliphatic heterocycles. The van der Waals surface area contributed by atoms with Gasteiger partial charge in [-0.2, -0.15) is 13.2 Å². The summed E-state index contributed by atoms with van der Waals surface area (Å²) in [5, 5.41) is 2.73. The molecule has 0 fully saturated rings. The third-order valence-corrected chi connectivity index (χ3v) is 4.03. The van der Waals surface area contributed by atoms with Crippen LogP contribution in [0.1, 0.15) is 13.3 Å². The van der Waals surface area contributed by atoms with Crippen LogP contribution in [0.3, 0.4) is 0 Å². The number of halogens is 3. The van der Waals surface area contributed by atoms with Crippen molar-refractivity contribution >= 4 is 15.5 Å².